The van der Waals surface area contributed by atoms with Crippen molar-refractivity contribution in [1.29, 1.82) is 0 Å². The van der Waals surface area contributed by atoms with Gasteiger partial charge in [-0.05, 0) is 25.3 Å². The van der Waals surface area contributed by atoms with E-state index in [1.54, 1.807) is 0 Å². The predicted octanol–water partition coefficient (Wildman–Crippen LogP) is 5.41. The van der Waals surface area contributed by atoms with Crippen molar-refractivity contribution in [2.24, 2.45) is 5.92 Å². The Bertz CT molecular complexity index is 150. The third-order valence-electron chi connectivity index (χ3n) is 3.80. The molecule has 0 aromatic rings. The molecular formula is C16H34NO-. The molecule has 0 aliphatic carbocycles. The fourth-order valence-corrected chi connectivity index (χ4v) is 2.54. The highest BCUT2D eigenvalue weighted by atomic mass is 16.5. The largest absolute Gasteiger partial charge is 0.788 e. The van der Waals surface area contributed by atoms with Crippen LogP contribution in [0.2, 0.25) is 0 Å². The standard InChI is InChI=1S/C16H34NO/c1-3-5-7-9-10-12-14-16(15-17-18)13-11-8-6-4-2/h16-17H,3-15H2,1-2H3/q-1. The molecule has 0 aromatic heterocycles. The molecule has 0 radical (unpaired) electrons. The molecule has 0 spiro atoms. The van der Waals surface area contributed by atoms with Gasteiger partial charge in [0.05, 0.1) is 0 Å². The molecule has 110 valence electrons. The second-order valence-corrected chi connectivity index (χ2v) is 5.62. The molecule has 2 heteroatoms. The molecule has 1 N–H and O–H groups in total. The van der Waals surface area contributed by atoms with Crippen molar-refractivity contribution in [1.82, 2.24) is 5.48 Å². The summed E-state index contributed by atoms with van der Waals surface area (Å²) >= 11 is 0. The van der Waals surface area contributed by atoms with Crippen LogP contribution in [0.25, 0.3) is 0 Å². The van der Waals surface area contributed by atoms with Crippen LogP contribution in [0.4, 0.5) is 0 Å². The molecule has 0 heterocycles. The second kappa shape index (κ2) is 15.0. The van der Waals surface area contributed by atoms with E-state index in [0.29, 0.717) is 12.5 Å². The molecule has 0 rings (SSSR count). The van der Waals surface area contributed by atoms with E-state index >= 15 is 0 Å². The Balaban J connectivity index is 3.44. The average Bonchev–Trinajstić information content (AvgIpc) is 2.38. The molecular weight excluding hydrogens is 222 g/mol. The monoisotopic (exact) mass is 256 g/mol. The zero-order valence-corrected chi connectivity index (χ0v) is 12.7. The van der Waals surface area contributed by atoms with Gasteiger partial charge in [0.2, 0.25) is 0 Å². The number of hydrogen-bond donors (Lipinski definition) is 1. The Hall–Kier alpha value is -0.0800. The van der Waals surface area contributed by atoms with E-state index in [1.807, 2.05) is 0 Å². The highest BCUT2D eigenvalue weighted by Gasteiger charge is 2.06. The summed E-state index contributed by atoms with van der Waals surface area (Å²) in [5, 5.41) is 10.6. The lowest BCUT2D eigenvalue weighted by Gasteiger charge is -2.19. The fourth-order valence-electron chi connectivity index (χ4n) is 2.54. The van der Waals surface area contributed by atoms with Gasteiger partial charge in [-0.3, -0.25) is 0 Å². The molecule has 18 heavy (non-hydrogen) atoms. The van der Waals surface area contributed by atoms with Crippen LogP contribution in [0.1, 0.15) is 90.9 Å². The lowest BCUT2D eigenvalue weighted by atomic mass is 9.94. The Morgan fingerprint density at radius 2 is 1.17 bits per heavy atom. The molecule has 0 fully saturated rings. The maximum absolute atomic E-state index is 10.6. The van der Waals surface area contributed by atoms with Gasteiger partial charge in [0.15, 0.2) is 0 Å². The van der Waals surface area contributed by atoms with E-state index in [0.717, 1.165) is 0 Å². The summed E-state index contributed by atoms with van der Waals surface area (Å²) in [7, 11) is 0. The third-order valence-corrected chi connectivity index (χ3v) is 3.80. The molecule has 1 atom stereocenters. The first-order valence-electron chi connectivity index (χ1n) is 8.20. The Morgan fingerprint density at radius 3 is 1.67 bits per heavy atom. The van der Waals surface area contributed by atoms with Crippen molar-refractivity contribution in [2.75, 3.05) is 6.54 Å². The fraction of sp³-hybridized carbons (Fsp3) is 1.00. The van der Waals surface area contributed by atoms with Gasteiger partial charge in [-0.2, -0.15) is 0 Å². The van der Waals surface area contributed by atoms with Crippen molar-refractivity contribution in [3.63, 3.8) is 0 Å². The van der Waals surface area contributed by atoms with Crippen LogP contribution in [0, 0.1) is 11.1 Å². The molecule has 0 aliphatic heterocycles. The zero-order chi connectivity index (χ0) is 13.5. The van der Waals surface area contributed by atoms with Gasteiger partial charge in [0, 0.05) is 0 Å². The molecule has 0 saturated carbocycles. The van der Waals surface area contributed by atoms with Gasteiger partial charge in [0.1, 0.15) is 0 Å². The molecule has 0 aromatic carbocycles. The predicted molar refractivity (Wildman–Crippen MR) is 81.6 cm³/mol. The lowest BCUT2D eigenvalue weighted by molar-refractivity contribution is 0.397. The van der Waals surface area contributed by atoms with Crippen molar-refractivity contribution < 1.29 is 0 Å². The van der Waals surface area contributed by atoms with Crippen LogP contribution in [-0.4, -0.2) is 6.54 Å². The summed E-state index contributed by atoms with van der Waals surface area (Å²) in [6, 6.07) is 0. The van der Waals surface area contributed by atoms with Gasteiger partial charge in [-0.25, -0.2) is 0 Å². The van der Waals surface area contributed by atoms with E-state index in [4.69, 9.17) is 0 Å². The van der Waals surface area contributed by atoms with Crippen molar-refractivity contribution in [2.45, 2.75) is 90.9 Å². The lowest BCUT2D eigenvalue weighted by Crippen LogP contribution is -2.17. The Kier molecular flexibility index (Phi) is 14.9. The summed E-state index contributed by atoms with van der Waals surface area (Å²) in [6.45, 7) is 5.17. The molecule has 0 bridgehead atoms. The number of hydroxylamine groups is 1. The Morgan fingerprint density at radius 1 is 0.722 bits per heavy atom. The number of unbranched alkanes of at least 4 members (excludes halogenated alkanes) is 8. The van der Waals surface area contributed by atoms with Crippen molar-refractivity contribution in [3.8, 4) is 0 Å². The van der Waals surface area contributed by atoms with Gasteiger partial charge in [0.25, 0.3) is 0 Å². The summed E-state index contributed by atoms with van der Waals surface area (Å²) in [6.07, 6.45) is 15.9. The van der Waals surface area contributed by atoms with E-state index in [1.165, 1.54) is 77.0 Å². The maximum atomic E-state index is 10.6. The number of nitrogens with one attached hydrogen (secondary N) is 1. The molecule has 2 nitrogen and oxygen atoms in total. The van der Waals surface area contributed by atoms with Crippen molar-refractivity contribution >= 4 is 0 Å². The quantitative estimate of drug-likeness (QED) is 0.333. The van der Waals surface area contributed by atoms with E-state index < -0.39 is 0 Å². The summed E-state index contributed by atoms with van der Waals surface area (Å²) in [5.41, 5.74) is 2.12. The van der Waals surface area contributed by atoms with Crippen LogP contribution in [0.3, 0.4) is 0 Å². The first-order chi connectivity index (χ1) is 8.85. The van der Waals surface area contributed by atoms with E-state index in [-0.39, 0.29) is 0 Å². The van der Waals surface area contributed by atoms with Crippen LogP contribution in [0.5, 0.6) is 0 Å². The minimum absolute atomic E-state index is 0.616. The normalized spacial score (nSPS) is 12.8. The molecule has 0 saturated heterocycles. The van der Waals surface area contributed by atoms with Crippen molar-refractivity contribution in [3.05, 3.63) is 5.21 Å². The van der Waals surface area contributed by atoms with E-state index in [9.17, 15) is 5.21 Å². The smallest absolute Gasteiger partial charge is 0.0141 e. The van der Waals surface area contributed by atoms with Crippen LogP contribution in [0.15, 0.2) is 0 Å². The van der Waals surface area contributed by atoms with Crippen LogP contribution in [-0.2, 0) is 0 Å². The zero-order valence-electron chi connectivity index (χ0n) is 12.7. The maximum Gasteiger partial charge on any atom is -0.0141 e. The Labute approximate surface area is 115 Å². The molecule has 1 unspecified atom stereocenters. The first-order valence-corrected chi connectivity index (χ1v) is 8.20. The van der Waals surface area contributed by atoms with Crippen LogP contribution < -0.4 is 5.48 Å². The molecule has 0 amide bonds. The average molecular weight is 256 g/mol. The highest BCUT2D eigenvalue weighted by Crippen LogP contribution is 2.18. The SMILES string of the molecule is CCCCCCCCC(CCCCCC)CN[O-]. The minimum Gasteiger partial charge on any atom is -0.788 e. The topological polar surface area (TPSA) is 35.1 Å². The summed E-state index contributed by atoms with van der Waals surface area (Å²) in [5.74, 6) is 0.616. The summed E-state index contributed by atoms with van der Waals surface area (Å²) in [4.78, 5) is 0. The van der Waals surface area contributed by atoms with Gasteiger partial charge in [-0.1, -0.05) is 78.1 Å². The van der Waals surface area contributed by atoms with E-state index in [2.05, 4.69) is 19.3 Å². The van der Waals surface area contributed by atoms with Gasteiger partial charge >= 0.3 is 0 Å². The third kappa shape index (κ3) is 12.4. The van der Waals surface area contributed by atoms with Gasteiger partial charge < -0.3 is 10.7 Å². The van der Waals surface area contributed by atoms with Gasteiger partial charge in [-0.15, -0.1) is 0 Å². The minimum atomic E-state index is 0.616. The molecule has 0 aliphatic rings. The summed E-state index contributed by atoms with van der Waals surface area (Å²) < 4.78 is 0. The highest BCUT2D eigenvalue weighted by molar-refractivity contribution is 4.63. The number of rotatable bonds is 14. The number of hydrogen-bond acceptors (Lipinski definition) is 2. The first kappa shape index (κ1) is 17.9. The van der Waals surface area contributed by atoms with Crippen LogP contribution >= 0.6 is 0 Å². The second-order valence-electron chi connectivity index (χ2n) is 5.62.